The van der Waals surface area contributed by atoms with Gasteiger partial charge in [0.05, 0.1) is 15.8 Å². The van der Waals surface area contributed by atoms with Crippen molar-refractivity contribution in [1.29, 1.82) is 0 Å². The van der Waals surface area contributed by atoms with Gasteiger partial charge < -0.3 is 17.3 Å². The predicted octanol–water partition coefficient (Wildman–Crippen LogP) is 10.5. The number of rotatable bonds is 6. The molecule has 8 heteroatoms. The van der Waals surface area contributed by atoms with Gasteiger partial charge in [-0.2, -0.15) is 0 Å². The topological polar surface area (TPSA) is 0 Å². The average molecular weight is 877 g/mol. The van der Waals surface area contributed by atoms with Gasteiger partial charge in [0.25, 0.3) is 0 Å². The summed E-state index contributed by atoms with van der Waals surface area (Å²) in [4.78, 5) is 0. The van der Waals surface area contributed by atoms with E-state index in [1.54, 1.807) is 10.6 Å². The smallest absolute Gasteiger partial charge is 0.418 e. The third-order valence-electron chi connectivity index (χ3n) is 9.84. The van der Waals surface area contributed by atoms with E-state index in [1.165, 1.54) is 69.2 Å². The van der Waals surface area contributed by atoms with Crippen LogP contribution in [0.3, 0.4) is 0 Å². The van der Waals surface area contributed by atoms with Gasteiger partial charge in [-0.3, -0.25) is 0 Å². The van der Waals surface area contributed by atoms with Gasteiger partial charge in [-0.1, -0.05) is 121 Å². The van der Waals surface area contributed by atoms with E-state index in [1.807, 2.05) is 0 Å². The van der Waals surface area contributed by atoms with E-state index in [-0.39, 0.29) is 19.5 Å². The van der Waals surface area contributed by atoms with E-state index in [4.69, 9.17) is 0 Å². The van der Waals surface area contributed by atoms with Crippen LogP contribution in [0.4, 0.5) is 17.3 Å². The van der Waals surface area contributed by atoms with Crippen LogP contribution in [0.1, 0.15) is 47.9 Å². The molecule has 5 aliphatic rings. The molecule has 0 amide bonds. The molecule has 0 atom stereocenters. The van der Waals surface area contributed by atoms with Crippen LogP contribution in [0.5, 0.6) is 0 Å². The fraction of sp³-hybridized carbons (Fsp3) is 0.167. The Morgan fingerprint density at radius 3 is 0.893 bits per heavy atom. The van der Waals surface area contributed by atoms with Gasteiger partial charge in [0.1, 0.15) is 31.8 Å². The Bertz CT molecular complexity index is 1880. The largest absolute Gasteiger partial charge is 0.673 e. The summed E-state index contributed by atoms with van der Waals surface area (Å²) >= 11 is 0. The second-order valence-electron chi connectivity index (χ2n) is 13.8. The molecule has 4 bridgehead atoms. The first-order valence-electron chi connectivity index (χ1n) is 19.2. The van der Waals surface area contributed by atoms with Gasteiger partial charge in [-0.05, 0) is 134 Å². The number of aryl methyl sites for hydroxylation is 4. The fourth-order valence-corrected chi connectivity index (χ4v) is 13.0. The van der Waals surface area contributed by atoms with Crippen molar-refractivity contribution in [3.8, 4) is 0 Å². The summed E-state index contributed by atoms with van der Waals surface area (Å²) in [5, 5.41) is 8.96. The van der Waals surface area contributed by atoms with Crippen LogP contribution in [0, 0.1) is 0 Å². The fourth-order valence-electron chi connectivity index (χ4n) is 7.25. The van der Waals surface area contributed by atoms with Gasteiger partial charge in [-0.25, -0.2) is 0 Å². The molecule has 0 nitrogen and oxygen atoms in total. The molecule has 11 rings (SSSR count). The van der Waals surface area contributed by atoms with Gasteiger partial charge in [0, 0.05) is 19.5 Å². The quantitative estimate of drug-likeness (QED) is 0.0677. The van der Waals surface area contributed by atoms with Gasteiger partial charge in [-0.15, -0.1) is 0 Å². The zero-order valence-electron chi connectivity index (χ0n) is 31.4. The second kappa shape index (κ2) is 22.1. The van der Waals surface area contributed by atoms with Crippen LogP contribution in [-0.4, -0.2) is 7.25 Å². The summed E-state index contributed by atoms with van der Waals surface area (Å²) in [5.74, 6) is 0. The molecule has 5 aliphatic carbocycles. The van der Waals surface area contributed by atoms with Crippen molar-refractivity contribution in [3.05, 3.63) is 204 Å². The van der Waals surface area contributed by atoms with E-state index in [0.717, 1.165) is 25.7 Å². The minimum Gasteiger partial charge on any atom is -0.418 e. The van der Waals surface area contributed by atoms with Crippen molar-refractivity contribution >= 4 is 54.9 Å². The molecule has 56 heavy (non-hydrogen) atoms. The first kappa shape index (κ1) is 43.2. The zero-order valence-corrected chi connectivity index (χ0v) is 35.0. The van der Waals surface area contributed by atoms with E-state index in [9.17, 15) is 17.3 Å². The predicted molar refractivity (Wildman–Crippen MR) is 235 cm³/mol. The zero-order chi connectivity index (χ0) is 38.3. The van der Waals surface area contributed by atoms with Crippen LogP contribution in [-0.2, 0) is 45.2 Å². The summed E-state index contributed by atoms with van der Waals surface area (Å²) < 4.78 is 39.0. The summed E-state index contributed by atoms with van der Waals surface area (Å²) in [6.07, 6.45) is 18.2. The molecule has 6 aromatic rings. The third-order valence-corrected chi connectivity index (χ3v) is 15.5. The Balaban J connectivity index is 0.000000367. The van der Waals surface area contributed by atoms with Crippen LogP contribution in [0.15, 0.2) is 182 Å². The molecule has 0 heterocycles. The number of hydrogen-bond donors (Lipinski definition) is 0. The van der Waals surface area contributed by atoms with Crippen molar-refractivity contribution in [2.24, 2.45) is 0 Å². The second-order valence-corrected chi connectivity index (χ2v) is 18.7. The summed E-state index contributed by atoms with van der Waals surface area (Å²) in [7, 11) is -8.24. The third kappa shape index (κ3) is 13.1. The summed E-state index contributed by atoms with van der Waals surface area (Å²) in [6.45, 7) is 0. The Morgan fingerprint density at radius 1 is 0.357 bits per heavy atom. The van der Waals surface area contributed by atoms with Crippen LogP contribution in [0.25, 0.3) is 0 Å². The molecule has 0 fully saturated rings. The summed E-state index contributed by atoms with van der Waals surface area (Å²) in [5.41, 5.74) is 5.91. The van der Waals surface area contributed by atoms with E-state index in [0.29, 0.717) is 0 Å². The van der Waals surface area contributed by atoms with Crippen molar-refractivity contribution < 1.29 is 36.7 Å². The maximum absolute atomic E-state index is 9.75. The Labute approximate surface area is 345 Å². The van der Waals surface area contributed by atoms with Crippen molar-refractivity contribution in [3.63, 3.8) is 0 Å². The number of allylic oxidation sites excluding steroid dienone is 4. The Hall–Kier alpha value is -3.93. The molecule has 0 aromatic heterocycles. The maximum Gasteiger partial charge on any atom is 0.673 e. The van der Waals surface area contributed by atoms with E-state index in [2.05, 4.69) is 182 Å². The SMILES string of the molecule is C1=CCC/C=C\CC1.F[B-](F)(F)F.[Rh].c1ccc([PH+](c2ccccc2)c2cc3ccc2CCc2ccc(c([PH+](c4ccccc4)c4ccccc4)c2)CC3)cc1. The molecular weight excluding hydrogens is 828 g/mol. The Morgan fingerprint density at radius 2 is 0.625 bits per heavy atom. The molecular formula is C48H48BF4P2Rh+. The van der Waals surface area contributed by atoms with Crippen LogP contribution < -0.4 is 31.8 Å². The van der Waals surface area contributed by atoms with Gasteiger partial charge >= 0.3 is 7.25 Å². The first-order chi connectivity index (χ1) is 26.8. The molecule has 0 spiro atoms. The number of halogens is 4. The molecule has 6 aromatic carbocycles. The van der Waals surface area contributed by atoms with Crippen molar-refractivity contribution in [1.82, 2.24) is 0 Å². The average Bonchev–Trinajstić information content (AvgIpc) is 3.18. The summed E-state index contributed by atoms with van der Waals surface area (Å²) in [6, 6.07) is 59.7. The van der Waals surface area contributed by atoms with Crippen LogP contribution >= 0.6 is 15.8 Å². The van der Waals surface area contributed by atoms with E-state index >= 15 is 0 Å². The molecule has 0 saturated carbocycles. The van der Waals surface area contributed by atoms with Gasteiger partial charge in [0.15, 0.2) is 0 Å². The standard InChI is InChI=1S/C40H34P2.C8H12.BF4.Rh/c1-5-13-35(14-6-1)41(36-15-7-2-8-16-36)39-29-31-21-25-33(39)27-23-32-22-26-34(28-24-31)40(30-32)42(37-17-9-3-10-18-37)38-19-11-4-12-20-38;1-2-4-6-8-7-5-3-1;2-1(3,4)5;/h1-22,25-26,29-30H,23-24,27-28H2;1-2,7-8H,3-6H2;;/q;;-1;/p+2/b;2-1-,8-7?;;. The minimum absolute atomic E-state index is 0. The number of hydrogen-bond acceptors (Lipinski definition) is 0. The van der Waals surface area contributed by atoms with Crippen molar-refractivity contribution in [2.45, 2.75) is 51.4 Å². The van der Waals surface area contributed by atoms with Crippen LogP contribution in [0.2, 0.25) is 0 Å². The molecule has 0 N–H and O–H groups in total. The van der Waals surface area contributed by atoms with Crippen molar-refractivity contribution in [2.75, 3.05) is 0 Å². The Kier molecular flexibility index (Phi) is 17.1. The first-order valence-corrected chi connectivity index (χ1v) is 22.2. The minimum atomic E-state index is -6.00. The van der Waals surface area contributed by atoms with E-state index < -0.39 is 23.1 Å². The normalized spacial score (nSPS) is 14.1. The maximum atomic E-state index is 9.75. The monoisotopic (exact) mass is 876 g/mol. The molecule has 289 valence electrons. The number of benzene rings is 6. The molecule has 0 unspecified atom stereocenters. The molecule has 0 saturated heterocycles. The molecule has 0 aliphatic heterocycles. The molecule has 1 radical (unpaired) electrons. The van der Waals surface area contributed by atoms with Gasteiger partial charge in [0.2, 0.25) is 0 Å².